The molecule has 0 saturated heterocycles. The van der Waals surface area contributed by atoms with Crippen LogP contribution in [0.3, 0.4) is 0 Å². The largest absolute Gasteiger partial charge is 0.469 e. The molecule has 0 heterocycles. The average molecular weight is 323 g/mol. The Bertz CT molecular complexity index is 509. The quantitative estimate of drug-likeness (QED) is 0.783. The van der Waals surface area contributed by atoms with E-state index in [1.54, 1.807) is 20.8 Å². The number of esters is 1. The van der Waals surface area contributed by atoms with Crippen LogP contribution in [0.25, 0.3) is 0 Å². The van der Waals surface area contributed by atoms with E-state index in [-0.39, 0.29) is 6.42 Å². The minimum Gasteiger partial charge on any atom is -0.469 e. The van der Waals surface area contributed by atoms with Gasteiger partial charge in [0.1, 0.15) is 5.60 Å². The summed E-state index contributed by atoms with van der Waals surface area (Å²) in [5, 5.41) is 12.9. The van der Waals surface area contributed by atoms with Crippen LogP contribution in [0.2, 0.25) is 0 Å². The van der Waals surface area contributed by atoms with Gasteiger partial charge in [-0.2, -0.15) is 0 Å². The molecule has 2 atom stereocenters. The van der Waals surface area contributed by atoms with Crippen molar-refractivity contribution < 1.29 is 24.2 Å². The fourth-order valence-corrected chi connectivity index (χ4v) is 2.01. The van der Waals surface area contributed by atoms with Crippen molar-refractivity contribution in [2.45, 2.75) is 51.4 Å². The van der Waals surface area contributed by atoms with Crippen LogP contribution in [-0.2, 0) is 20.7 Å². The summed E-state index contributed by atoms with van der Waals surface area (Å²) >= 11 is 0. The Hall–Kier alpha value is -2.08. The standard InChI is InChI=1S/C17H25NO5/c1-17(2,3)23-16(21)18-13(14(19)11-15(20)22-4)10-12-8-6-5-7-9-12/h5-9,13-14,19H,10-11H2,1-4H3,(H,18,21)/t13-,14-/m0/s1. The van der Waals surface area contributed by atoms with E-state index < -0.39 is 29.8 Å². The molecule has 0 fully saturated rings. The molecule has 1 rings (SSSR count). The van der Waals surface area contributed by atoms with Crippen LogP contribution < -0.4 is 5.32 Å². The molecule has 6 heteroatoms. The molecule has 2 N–H and O–H groups in total. The highest BCUT2D eigenvalue weighted by molar-refractivity contribution is 5.71. The van der Waals surface area contributed by atoms with Gasteiger partial charge in [0.15, 0.2) is 0 Å². The Labute approximate surface area is 136 Å². The third-order valence-corrected chi connectivity index (χ3v) is 3.07. The lowest BCUT2D eigenvalue weighted by molar-refractivity contribution is -0.143. The first-order chi connectivity index (χ1) is 10.7. The van der Waals surface area contributed by atoms with Gasteiger partial charge in [0, 0.05) is 0 Å². The maximum atomic E-state index is 12.0. The van der Waals surface area contributed by atoms with Crippen molar-refractivity contribution in [3.63, 3.8) is 0 Å². The van der Waals surface area contributed by atoms with Crippen LogP contribution >= 0.6 is 0 Å². The van der Waals surface area contributed by atoms with Crippen LogP contribution in [0.5, 0.6) is 0 Å². The van der Waals surface area contributed by atoms with E-state index in [9.17, 15) is 14.7 Å². The number of carbonyl (C=O) groups excluding carboxylic acids is 2. The van der Waals surface area contributed by atoms with Crippen molar-refractivity contribution in [3.05, 3.63) is 35.9 Å². The Morgan fingerprint density at radius 2 is 1.83 bits per heavy atom. The lowest BCUT2D eigenvalue weighted by Gasteiger charge is -2.26. The van der Waals surface area contributed by atoms with Crippen molar-refractivity contribution in [1.82, 2.24) is 5.32 Å². The van der Waals surface area contributed by atoms with Gasteiger partial charge >= 0.3 is 12.1 Å². The molecule has 0 aliphatic rings. The highest BCUT2D eigenvalue weighted by Crippen LogP contribution is 2.12. The summed E-state index contributed by atoms with van der Waals surface area (Å²) in [6.07, 6.45) is -1.54. The normalized spacial score (nSPS) is 13.8. The second-order valence-electron chi connectivity index (χ2n) is 6.29. The summed E-state index contributed by atoms with van der Waals surface area (Å²) in [4.78, 5) is 23.3. The molecule has 1 aromatic carbocycles. The molecule has 23 heavy (non-hydrogen) atoms. The SMILES string of the molecule is COC(=O)C[C@H](O)[C@H](Cc1ccccc1)NC(=O)OC(C)(C)C. The summed E-state index contributed by atoms with van der Waals surface area (Å²) in [6, 6.07) is 8.72. The molecule has 0 aliphatic heterocycles. The number of aliphatic hydroxyl groups excluding tert-OH is 1. The predicted octanol–water partition coefficient (Wildman–Crippen LogP) is 2.05. The minimum absolute atomic E-state index is 0.205. The van der Waals surface area contributed by atoms with Crippen LogP contribution in [0.1, 0.15) is 32.8 Å². The van der Waals surface area contributed by atoms with Gasteiger partial charge in [0.2, 0.25) is 0 Å². The van der Waals surface area contributed by atoms with E-state index in [1.807, 2.05) is 30.3 Å². The van der Waals surface area contributed by atoms with E-state index in [1.165, 1.54) is 7.11 Å². The predicted molar refractivity (Wildman–Crippen MR) is 85.9 cm³/mol. The summed E-state index contributed by atoms with van der Waals surface area (Å²) in [5.41, 5.74) is 0.284. The summed E-state index contributed by atoms with van der Waals surface area (Å²) in [6.45, 7) is 5.26. The Morgan fingerprint density at radius 3 is 2.35 bits per heavy atom. The third-order valence-electron chi connectivity index (χ3n) is 3.07. The molecule has 0 saturated carbocycles. The van der Waals surface area contributed by atoms with Gasteiger partial charge in [-0.25, -0.2) is 4.79 Å². The van der Waals surface area contributed by atoms with Gasteiger partial charge < -0.3 is 19.9 Å². The molecule has 0 bridgehead atoms. The van der Waals surface area contributed by atoms with Crippen LogP contribution in [0.15, 0.2) is 30.3 Å². The molecule has 0 radical (unpaired) electrons. The molecule has 0 aromatic heterocycles. The summed E-state index contributed by atoms with van der Waals surface area (Å²) in [7, 11) is 1.25. The molecule has 0 aliphatic carbocycles. The fraction of sp³-hybridized carbons (Fsp3) is 0.529. The van der Waals surface area contributed by atoms with Crippen molar-refractivity contribution >= 4 is 12.1 Å². The number of amides is 1. The monoisotopic (exact) mass is 323 g/mol. The number of alkyl carbamates (subject to hydrolysis) is 1. The average Bonchev–Trinajstić information content (AvgIpc) is 2.45. The molecule has 6 nitrogen and oxygen atoms in total. The molecule has 0 spiro atoms. The molecular weight excluding hydrogens is 298 g/mol. The molecule has 1 amide bonds. The maximum absolute atomic E-state index is 12.0. The van der Waals surface area contributed by atoms with Gasteiger partial charge in [0.25, 0.3) is 0 Å². The van der Waals surface area contributed by atoms with E-state index in [0.29, 0.717) is 6.42 Å². The summed E-state index contributed by atoms with van der Waals surface area (Å²) < 4.78 is 9.77. The van der Waals surface area contributed by atoms with E-state index in [2.05, 4.69) is 10.1 Å². The Kier molecular flexibility index (Phi) is 7.03. The van der Waals surface area contributed by atoms with Crippen molar-refractivity contribution in [1.29, 1.82) is 0 Å². The van der Waals surface area contributed by atoms with E-state index in [0.717, 1.165) is 5.56 Å². The van der Waals surface area contributed by atoms with Gasteiger partial charge in [0.05, 0.1) is 25.7 Å². The number of methoxy groups -OCH3 is 1. The zero-order chi connectivity index (χ0) is 17.5. The second kappa shape index (κ2) is 8.53. The van der Waals surface area contributed by atoms with E-state index >= 15 is 0 Å². The number of rotatable bonds is 6. The van der Waals surface area contributed by atoms with Gasteiger partial charge in [-0.3, -0.25) is 4.79 Å². The minimum atomic E-state index is -1.07. The second-order valence-corrected chi connectivity index (χ2v) is 6.29. The lowest BCUT2D eigenvalue weighted by Crippen LogP contribution is -2.47. The van der Waals surface area contributed by atoms with Crippen LogP contribution in [0, 0.1) is 0 Å². The topological polar surface area (TPSA) is 84.9 Å². The number of carbonyl (C=O) groups is 2. The molecule has 128 valence electrons. The number of hydrogen-bond donors (Lipinski definition) is 2. The third kappa shape index (κ3) is 7.65. The van der Waals surface area contributed by atoms with Crippen LogP contribution in [0.4, 0.5) is 4.79 Å². The van der Waals surface area contributed by atoms with Gasteiger partial charge in [-0.1, -0.05) is 30.3 Å². The highest BCUT2D eigenvalue weighted by atomic mass is 16.6. The molecule has 1 aromatic rings. The van der Waals surface area contributed by atoms with Crippen molar-refractivity contribution in [3.8, 4) is 0 Å². The number of benzene rings is 1. The van der Waals surface area contributed by atoms with Crippen molar-refractivity contribution in [2.75, 3.05) is 7.11 Å². The number of nitrogens with one attached hydrogen (secondary N) is 1. The number of aliphatic hydroxyl groups is 1. The fourth-order valence-electron chi connectivity index (χ4n) is 2.01. The van der Waals surface area contributed by atoms with Crippen molar-refractivity contribution in [2.24, 2.45) is 0 Å². The Balaban J connectivity index is 2.79. The first kappa shape index (κ1) is 19.0. The smallest absolute Gasteiger partial charge is 0.407 e. The first-order valence-corrected chi connectivity index (χ1v) is 7.49. The number of ether oxygens (including phenoxy) is 2. The number of hydrogen-bond acceptors (Lipinski definition) is 5. The molecular formula is C17H25NO5. The van der Waals surface area contributed by atoms with Gasteiger partial charge in [-0.15, -0.1) is 0 Å². The lowest BCUT2D eigenvalue weighted by atomic mass is 9.99. The maximum Gasteiger partial charge on any atom is 0.407 e. The zero-order valence-electron chi connectivity index (χ0n) is 14.0. The summed E-state index contributed by atoms with van der Waals surface area (Å²) in [5.74, 6) is -0.540. The van der Waals surface area contributed by atoms with Crippen LogP contribution in [-0.4, -0.2) is 42.0 Å². The van der Waals surface area contributed by atoms with E-state index in [4.69, 9.17) is 4.74 Å². The highest BCUT2D eigenvalue weighted by Gasteiger charge is 2.26. The van der Waals surface area contributed by atoms with Gasteiger partial charge in [-0.05, 0) is 32.8 Å². The first-order valence-electron chi connectivity index (χ1n) is 7.49. The zero-order valence-corrected chi connectivity index (χ0v) is 14.0. The molecule has 0 unspecified atom stereocenters. The Morgan fingerprint density at radius 1 is 1.22 bits per heavy atom.